The molecule has 2 unspecified atom stereocenters. The van der Waals surface area contributed by atoms with Crippen LogP contribution in [0.15, 0.2) is 24.3 Å². The van der Waals surface area contributed by atoms with Gasteiger partial charge >= 0.3 is 0 Å². The lowest BCUT2D eigenvalue weighted by atomic mass is 10.0. The van der Waals surface area contributed by atoms with Crippen LogP contribution < -0.4 is 10.1 Å². The Hall–Kier alpha value is -2.14. The van der Waals surface area contributed by atoms with Crippen molar-refractivity contribution in [2.24, 2.45) is 0 Å². The fourth-order valence-corrected chi connectivity index (χ4v) is 3.17. The van der Waals surface area contributed by atoms with Gasteiger partial charge in [-0.2, -0.15) is 5.26 Å². The van der Waals surface area contributed by atoms with E-state index in [1.807, 2.05) is 24.3 Å². The highest BCUT2D eigenvalue weighted by molar-refractivity contribution is 5.76. The molecule has 1 aromatic carbocycles. The largest absolute Gasteiger partial charge is 0.497 e. The van der Waals surface area contributed by atoms with E-state index in [0.29, 0.717) is 32.5 Å². The smallest absolute Gasteiger partial charge is 0.224 e. The number of methoxy groups -OCH3 is 1. The van der Waals surface area contributed by atoms with Crippen LogP contribution in [-0.4, -0.2) is 73.3 Å². The number of amides is 1. The minimum atomic E-state index is -0.0336. The molecular weight excluding hydrogens is 332 g/mol. The van der Waals surface area contributed by atoms with Crippen molar-refractivity contribution >= 4 is 5.91 Å². The van der Waals surface area contributed by atoms with E-state index < -0.39 is 0 Å². The molecule has 0 aromatic heterocycles. The summed E-state index contributed by atoms with van der Waals surface area (Å²) in [5, 5.41) is 21.5. The number of hydrogen-bond acceptors (Lipinski definition) is 6. The van der Waals surface area contributed by atoms with Crippen LogP contribution in [0, 0.1) is 11.3 Å². The zero-order chi connectivity index (χ0) is 18.9. The Labute approximate surface area is 155 Å². The number of aliphatic hydroxyl groups excluding tert-OH is 1. The van der Waals surface area contributed by atoms with Crippen molar-refractivity contribution in [3.05, 3.63) is 29.8 Å². The number of hydrogen-bond donors (Lipinski definition) is 2. The molecule has 1 aliphatic rings. The molecule has 1 saturated heterocycles. The number of nitrogens with one attached hydrogen (secondary N) is 1. The van der Waals surface area contributed by atoms with E-state index in [0.717, 1.165) is 17.9 Å². The lowest BCUT2D eigenvalue weighted by molar-refractivity contribution is -0.131. The van der Waals surface area contributed by atoms with E-state index in [2.05, 4.69) is 16.3 Å². The van der Waals surface area contributed by atoms with Gasteiger partial charge in [0.15, 0.2) is 0 Å². The Morgan fingerprint density at radius 2 is 2.19 bits per heavy atom. The Kier molecular flexibility index (Phi) is 7.85. The predicted molar refractivity (Wildman–Crippen MR) is 98.6 cm³/mol. The second-order valence-electron chi connectivity index (χ2n) is 6.64. The van der Waals surface area contributed by atoms with Crippen molar-refractivity contribution in [3.8, 4) is 11.8 Å². The van der Waals surface area contributed by atoms with Crippen LogP contribution >= 0.6 is 0 Å². The first-order valence-electron chi connectivity index (χ1n) is 8.89. The van der Waals surface area contributed by atoms with Gasteiger partial charge < -0.3 is 20.1 Å². The summed E-state index contributed by atoms with van der Waals surface area (Å²) in [6.07, 6.45) is 0.836. The van der Waals surface area contributed by atoms with E-state index in [4.69, 9.17) is 15.1 Å². The molecule has 0 radical (unpaired) electrons. The fraction of sp³-hybridized carbons (Fsp3) is 0.579. The minimum Gasteiger partial charge on any atom is -0.497 e. The highest BCUT2D eigenvalue weighted by Crippen LogP contribution is 2.18. The third-order valence-electron chi connectivity index (χ3n) is 4.77. The van der Waals surface area contributed by atoms with Crippen LogP contribution in [0.25, 0.3) is 0 Å². The van der Waals surface area contributed by atoms with Gasteiger partial charge in [0.2, 0.25) is 5.91 Å². The van der Waals surface area contributed by atoms with Crippen molar-refractivity contribution in [1.29, 1.82) is 5.26 Å². The maximum atomic E-state index is 12.2. The number of carbonyl (C=O) groups excluding carboxylic acids is 1. The number of carbonyl (C=O) groups is 1. The molecule has 0 spiro atoms. The monoisotopic (exact) mass is 360 g/mol. The molecule has 0 saturated carbocycles. The van der Waals surface area contributed by atoms with Gasteiger partial charge in [-0.3, -0.25) is 9.69 Å². The molecule has 26 heavy (non-hydrogen) atoms. The third-order valence-corrected chi connectivity index (χ3v) is 4.77. The van der Waals surface area contributed by atoms with Gasteiger partial charge in [-0.15, -0.1) is 0 Å². The Morgan fingerprint density at radius 1 is 1.46 bits per heavy atom. The number of nitrogens with zero attached hydrogens (tertiary/aromatic N) is 3. The molecule has 2 N–H and O–H groups in total. The van der Waals surface area contributed by atoms with Crippen LogP contribution in [0.5, 0.6) is 5.75 Å². The zero-order valence-electron chi connectivity index (χ0n) is 15.5. The molecular formula is C19H28N4O3. The predicted octanol–water partition coefficient (Wildman–Crippen LogP) is 0.592. The van der Waals surface area contributed by atoms with E-state index in [1.54, 1.807) is 19.1 Å². The van der Waals surface area contributed by atoms with Crippen LogP contribution in [0.1, 0.15) is 18.4 Å². The normalized spacial score (nSPS) is 20.4. The molecule has 142 valence electrons. The standard InChI is InChI=1S/C19H28N4O3/c1-22(9-10-24)19(25)11-16-14-23(17(7-8-20)12-21-16)13-15-3-5-18(26-2)6-4-15/h3-6,16-17,21,24H,7,9-14H2,1-2H3. The average Bonchev–Trinajstić information content (AvgIpc) is 2.64. The summed E-state index contributed by atoms with van der Waals surface area (Å²) in [5.41, 5.74) is 1.15. The topological polar surface area (TPSA) is 88.8 Å². The first kappa shape index (κ1) is 20.2. The summed E-state index contributed by atoms with van der Waals surface area (Å²) < 4.78 is 5.20. The number of benzene rings is 1. The second-order valence-corrected chi connectivity index (χ2v) is 6.64. The van der Waals surface area contributed by atoms with Crippen LogP contribution in [0.2, 0.25) is 0 Å². The van der Waals surface area contributed by atoms with E-state index in [9.17, 15) is 4.79 Å². The Morgan fingerprint density at radius 3 is 2.81 bits per heavy atom. The molecule has 2 atom stereocenters. The quantitative estimate of drug-likeness (QED) is 0.705. The van der Waals surface area contributed by atoms with E-state index >= 15 is 0 Å². The molecule has 0 bridgehead atoms. The lowest BCUT2D eigenvalue weighted by Gasteiger charge is -2.39. The number of nitriles is 1. The van der Waals surface area contributed by atoms with Gasteiger partial charge in [0, 0.05) is 51.7 Å². The highest BCUT2D eigenvalue weighted by Gasteiger charge is 2.29. The van der Waals surface area contributed by atoms with Gasteiger partial charge in [0.05, 0.1) is 26.2 Å². The average molecular weight is 360 g/mol. The van der Waals surface area contributed by atoms with Gasteiger partial charge in [0.1, 0.15) is 5.75 Å². The lowest BCUT2D eigenvalue weighted by Crippen LogP contribution is -2.57. The van der Waals surface area contributed by atoms with Crippen molar-refractivity contribution in [2.45, 2.75) is 31.5 Å². The maximum Gasteiger partial charge on any atom is 0.224 e. The molecule has 2 rings (SSSR count). The first-order valence-corrected chi connectivity index (χ1v) is 8.89. The fourth-order valence-electron chi connectivity index (χ4n) is 3.17. The molecule has 1 aliphatic heterocycles. The number of ether oxygens (including phenoxy) is 1. The number of rotatable bonds is 8. The van der Waals surface area contributed by atoms with E-state index in [-0.39, 0.29) is 24.6 Å². The molecule has 1 amide bonds. The van der Waals surface area contributed by atoms with Gasteiger partial charge in [-0.1, -0.05) is 12.1 Å². The van der Waals surface area contributed by atoms with Crippen molar-refractivity contribution in [2.75, 3.05) is 40.4 Å². The summed E-state index contributed by atoms with van der Waals surface area (Å²) in [4.78, 5) is 16.1. The summed E-state index contributed by atoms with van der Waals surface area (Å²) in [7, 11) is 3.35. The highest BCUT2D eigenvalue weighted by atomic mass is 16.5. The molecule has 0 aliphatic carbocycles. The Bertz CT molecular complexity index is 614. The summed E-state index contributed by atoms with van der Waals surface area (Å²) in [5.74, 6) is 0.831. The van der Waals surface area contributed by atoms with Gasteiger partial charge in [-0.25, -0.2) is 0 Å². The molecule has 1 aromatic rings. The maximum absolute atomic E-state index is 12.2. The molecule has 7 heteroatoms. The Balaban J connectivity index is 1.99. The number of piperazine rings is 1. The van der Waals surface area contributed by atoms with Crippen LogP contribution in [0.3, 0.4) is 0 Å². The van der Waals surface area contributed by atoms with Crippen LogP contribution in [-0.2, 0) is 11.3 Å². The second kappa shape index (κ2) is 10.1. The summed E-state index contributed by atoms with van der Waals surface area (Å²) in [6.45, 7) is 2.43. The number of aliphatic hydroxyl groups is 1. The summed E-state index contributed by atoms with van der Waals surface area (Å²) in [6, 6.07) is 10.3. The van der Waals surface area contributed by atoms with Crippen molar-refractivity contribution in [3.63, 3.8) is 0 Å². The van der Waals surface area contributed by atoms with Crippen LogP contribution in [0.4, 0.5) is 0 Å². The molecule has 7 nitrogen and oxygen atoms in total. The third kappa shape index (κ3) is 5.70. The number of likely N-dealkylation sites (N-methyl/N-ethyl adjacent to an activating group) is 1. The molecule has 1 fully saturated rings. The van der Waals surface area contributed by atoms with Crippen molar-refractivity contribution in [1.82, 2.24) is 15.1 Å². The van der Waals surface area contributed by atoms with Gasteiger partial charge in [-0.05, 0) is 17.7 Å². The van der Waals surface area contributed by atoms with Crippen molar-refractivity contribution < 1.29 is 14.6 Å². The SMILES string of the molecule is COc1ccc(CN2CC(CC(=O)N(C)CCO)NCC2CC#N)cc1. The zero-order valence-corrected chi connectivity index (χ0v) is 15.5. The molecule has 1 heterocycles. The van der Waals surface area contributed by atoms with E-state index in [1.165, 1.54) is 0 Å². The first-order chi connectivity index (χ1) is 12.6. The summed E-state index contributed by atoms with van der Waals surface area (Å²) >= 11 is 0. The minimum absolute atomic E-state index is 0.0136. The van der Waals surface area contributed by atoms with Gasteiger partial charge in [0.25, 0.3) is 0 Å².